The Morgan fingerprint density at radius 2 is 2.11 bits per heavy atom. The Kier molecular flexibility index (Phi) is 3.40. The summed E-state index contributed by atoms with van der Waals surface area (Å²) in [5, 5.41) is 3.12. The van der Waals surface area contributed by atoms with E-state index in [-0.39, 0.29) is 11.4 Å². The molecule has 1 aromatic rings. The normalized spacial score (nSPS) is 23.7. The number of amides is 1. The van der Waals surface area contributed by atoms with Crippen molar-refractivity contribution < 1.29 is 9.53 Å². The molecule has 1 amide bonds. The number of ether oxygens (including phenoxy) is 1. The second-order valence-electron chi connectivity index (χ2n) is 5.53. The molecular weight excluding hydrogens is 262 g/mol. The van der Waals surface area contributed by atoms with Gasteiger partial charge in [-0.1, -0.05) is 31.0 Å². The fraction of sp³-hybridized carbons (Fsp3) is 0.533. The van der Waals surface area contributed by atoms with Gasteiger partial charge in [0.15, 0.2) is 6.10 Å². The monoisotopic (exact) mass is 279 g/mol. The molecule has 0 spiro atoms. The number of carbonyl (C=O) groups is 1. The van der Waals surface area contributed by atoms with E-state index in [2.05, 4.69) is 5.32 Å². The predicted octanol–water partition coefficient (Wildman–Crippen LogP) is 2.66. The molecular formula is C15H18ClNO2. The average Bonchev–Trinajstić information content (AvgIpc) is 3.05. The number of hydrogen-bond acceptors (Lipinski definition) is 2. The minimum absolute atomic E-state index is 0.0289. The third-order valence-electron chi connectivity index (χ3n) is 4.14. The van der Waals surface area contributed by atoms with Crippen molar-refractivity contribution in [3.05, 3.63) is 29.8 Å². The van der Waals surface area contributed by atoms with E-state index in [0.717, 1.165) is 37.0 Å². The largest absolute Gasteiger partial charge is 0.480 e. The summed E-state index contributed by atoms with van der Waals surface area (Å²) in [5.41, 5.74) is 0.894. The molecule has 0 saturated heterocycles. The zero-order valence-electron chi connectivity index (χ0n) is 10.8. The number of rotatable bonds is 3. The summed E-state index contributed by atoms with van der Waals surface area (Å²) in [6.07, 6.45) is 4.47. The van der Waals surface area contributed by atoms with Crippen LogP contribution < -0.4 is 10.1 Å². The summed E-state index contributed by atoms with van der Waals surface area (Å²) < 4.78 is 5.71. The van der Waals surface area contributed by atoms with Crippen molar-refractivity contribution in [2.75, 3.05) is 5.88 Å². The van der Waals surface area contributed by atoms with E-state index < -0.39 is 6.10 Å². The summed E-state index contributed by atoms with van der Waals surface area (Å²) in [6, 6.07) is 7.82. The summed E-state index contributed by atoms with van der Waals surface area (Å²) in [4.78, 5) is 12.3. The van der Waals surface area contributed by atoms with Crippen LogP contribution in [0.4, 0.5) is 0 Å². The molecule has 1 N–H and O–H groups in total. The number of halogens is 1. The second kappa shape index (κ2) is 5.04. The second-order valence-corrected chi connectivity index (χ2v) is 5.80. The fourth-order valence-corrected chi connectivity index (χ4v) is 3.35. The van der Waals surface area contributed by atoms with Crippen molar-refractivity contribution in [1.82, 2.24) is 5.32 Å². The number of alkyl halides is 1. The molecule has 1 fully saturated rings. The van der Waals surface area contributed by atoms with Crippen LogP contribution in [0.5, 0.6) is 5.75 Å². The van der Waals surface area contributed by atoms with Crippen molar-refractivity contribution in [1.29, 1.82) is 0 Å². The van der Waals surface area contributed by atoms with Gasteiger partial charge in [0, 0.05) is 12.3 Å². The van der Waals surface area contributed by atoms with E-state index >= 15 is 0 Å². The molecule has 4 heteroatoms. The van der Waals surface area contributed by atoms with Crippen molar-refractivity contribution >= 4 is 17.5 Å². The number of para-hydroxylation sites is 1. The molecule has 2 aliphatic rings. The van der Waals surface area contributed by atoms with Crippen LogP contribution in [-0.2, 0) is 11.2 Å². The minimum Gasteiger partial charge on any atom is -0.480 e. The number of fused-ring (bicyclic) bond motifs is 1. The van der Waals surface area contributed by atoms with Crippen LogP contribution in [-0.4, -0.2) is 23.4 Å². The topological polar surface area (TPSA) is 38.3 Å². The standard InChI is InChI=1S/C15H18ClNO2/c16-10-15(7-3-4-8-15)17-14(18)13-9-11-5-1-2-6-12(11)19-13/h1-2,5-6,13H,3-4,7-10H2,(H,17,18). The molecule has 1 aromatic carbocycles. The first-order valence-electron chi connectivity index (χ1n) is 6.85. The van der Waals surface area contributed by atoms with Gasteiger partial charge in [-0.3, -0.25) is 4.79 Å². The van der Waals surface area contributed by atoms with Crippen LogP contribution in [0.15, 0.2) is 24.3 Å². The van der Waals surface area contributed by atoms with Crippen LogP contribution in [0.3, 0.4) is 0 Å². The zero-order valence-corrected chi connectivity index (χ0v) is 11.6. The van der Waals surface area contributed by atoms with Crippen LogP contribution in [0.25, 0.3) is 0 Å². The number of hydrogen-bond donors (Lipinski definition) is 1. The van der Waals surface area contributed by atoms with Crippen molar-refractivity contribution in [2.45, 2.75) is 43.7 Å². The number of benzene rings is 1. The summed E-state index contributed by atoms with van der Waals surface area (Å²) in [6.45, 7) is 0. The molecule has 1 heterocycles. The van der Waals surface area contributed by atoms with Gasteiger partial charge >= 0.3 is 0 Å². The Balaban J connectivity index is 1.67. The molecule has 3 rings (SSSR count). The maximum absolute atomic E-state index is 12.3. The maximum atomic E-state index is 12.3. The first kappa shape index (κ1) is 12.8. The molecule has 1 atom stereocenters. The van der Waals surface area contributed by atoms with E-state index in [0.29, 0.717) is 12.3 Å². The molecule has 102 valence electrons. The van der Waals surface area contributed by atoms with E-state index in [1.807, 2.05) is 24.3 Å². The third-order valence-corrected chi connectivity index (χ3v) is 4.66. The number of carbonyl (C=O) groups excluding carboxylic acids is 1. The Bertz CT molecular complexity index is 458. The van der Waals surface area contributed by atoms with Crippen molar-refractivity contribution in [3.63, 3.8) is 0 Å². The van der Waals surface area contributed by atoms with Gasteiger partial charge in [-0.25, -0.2) is 0 Å². The Morgan fingerprint density at radius 3 is 2.79 bits per heavy atom. The zero-order chi connectivity index (χ0) is 13.3. The lowest BCUT2D eigenvalue weighted by Crippen LogP contribution is -2.52. The Hall–Kier alpha value is -1.22. The van der Waals surface area contributed by atoms with Crippen LogP contribution in [0.1, 0.15) is 31.2 Å². The van der Waals surface area contributed by atoms with Crippen LogP contribution >= 0.6 is 11.6 Å². The van der Waals surface area contributed by atoms with Gasteiger partial charge < -0.3 is 10.1 Å². The predicted molar refractivity (Wildman–Crippen MR) is 74.6 cm³/mol. The Morgan fingerprint density at radius 1 is 1.37 bits per heavy atom. The Labute approximate surface area is 118 Å². The van der Waals surface area contributed by atoms with Crippen LogP contribution in [0.2, 0.25) is 0 Å². The molecule has 19 heavy (non-hydrogen) atoms. The molecule has 0 radical (unpaired) electrons. The molecule has 1 aliphatic heterocycles. The van der Waals surface area contributed by atoms with E-state index in [1.165, 1.54) is 0 Å². The molecule has 0 bridgehead atoms. The molecule has 1 unspecified atom stereocenters. The number of nitrogens with one attached hydrogen (secondary N) is 1. The van der Waals surface area contributed by atoms with Crippen molar-refractivity contribution in [2.24, 2.45) is 0 Å². The summed E-state index contributed by atoms with van der Waals surface area (Å²) >= 11 is 6.05. The van der Waals surface area contributed by atoms with E-state index in [4.69, 9.17) is 16.3 Å². The smallest absolute Gasteiger partial charge is 0.261 e. The highest BCUT2D eigenvalue weighted by Gasteiger charge is 2.38. The highest BCUT2D eigenvalue weighted by Crippen LogP contribution is 2.32. The lowest BCUT2D eigenvalue weighted by atomic mass is 9.99. The van der Waals surface area contributed by atoms with E-state index in [1.54, 1.807) is 0 Å². The molecule has 3 nitrogen and oxygen atoms in total. The first-order chi connectivity index (χ1) is 9.22. The highest BCUT2D eigenvalue weighted by molar-refractivity contribution is 6.18. The first-order valence-corrected chi connectivity index (χ1v) is 7.38. The summed E-state index contributed by atoms with van der Waals surface area (Å²) in [7, 11) is 0. The van der Waals surface area contributed by atoms with Crippen molar-refractivity contribution in [3.8, 4) is 5.75 Å². The van der Waals surface area contributed by atoms with Gasteiger partial charge in [0.2, 0.25) is 0 Å². The van der Waals surface area contributed by atoms with Gasteiger partial charge in [-0.05, 0) is 24.5 Å². The molecule has 1 aliphatic carbocycles. The molecule has 0 aromatic heterocycles. The summed E-state index contributed by atoms with van der Waals surface area (Å²) in [5.74, 6) is 1.28. The van der Waals surface area contributed by atoms with Gasteiger partial charge in [0.25, 0.3) is 5.91 Å². The van der Waals surface area contributed by atoms with Gasteiger partial charge in [-0.15, -0.1) is 11.6 Å². The highest BCUT2D eigenvalue weighted by atomic mass is 35.5. The average molecular weight is 280 g/mol. The van der Waals surface area contributed by atoms with Gasteiger partial charge in [0.05, 0.1) is 5.54 Å². The van der Waals surface area contributed by atoms with Gasteiger partial charge in [0.1, 0.15) is 5.75 Å². The third kappa shape index (κ3) is 2.44. The molecule has 1 saturated carbocycles. The van der Waals surface area contributed by atoms with Crippen LogP contribution in [0, 0.1) is 0 Å². The maximum Gasteiger partial charge on any atom is 0.261 e. The fourth-order valence-electron chi connectivity index (χ4n) is 3.01. The minimum atomic E-state index is -0.405. The van der Waals surface area contributed by atoms with E-state index in [9.17, 15) is 4.79 Å². The lowest BCUT2D eigenvalue weighted by molar-refractivity contribution is -0.129. The SMILES string of the molecule is O=C(NC1(CCl)CCCC1)C1Cc2ccccc2O1. The van der Waals surface area contributed by atoms with Gasteiger partial charge in [-0.2, -0.15) is 0 Å². The lowest BCUT2D eigenvalue weighted by Gasteiger charge is -2.29. The quantitative estimate of drug-likeness (QED) is 0.864.